The molecule has 11 N–H and O–H groups in total. The third-order valence-electron chi connectivity index (χ3n) is 8.66. The molecule has 1 saturated heterocycles. The number of aliphatic hydroxyl groups excluding tert-OH is 2. The maximum Gasteiger partial charge on any atom is 0.481 e. The second-order valence-electron chi connectivity index (χ2n) is 13.8. The van der Waals surface area contributed by atoms with Gasteiger partial charge in [-0.2, -0.15) is 4.31 Å². The van der Waals surface area contributed by atoms with Gasteiger partial charge in [0.05, 0.1) is 33.8 Å². The van der Waals surface area contributed by atoms with Crippen molar-refractivity contribution in [3.8, 4) is 17.2 Å². The Labute approximate surface area is 361 Å². The molecule has 350 valence electrons. The first-order valence-corrected chi connectivity index (χ1v) is 23.6. The van der Waals surface area contributed by atoms with Crippen molar-refractivity contribution in [1.29, 1.82) is 0 Å². The first-order chi connectivity index (χ1) is 29.4. The van der Waals surface area contributed by atoms with E-state index in [2.05, 4.69) is 34.4 Å². The fraction of sp³-hybridized carbons (Fsp3) is 0.500. The van der Waals surface area contributed by atoms with Crippen LogP contribution in [0.25, 0.3) is 17.2 Å². The van der Waals surface area contributed by atoms with Gasteiger partial charge in [0, 0.05) is 30.7 Å². The van der Waals surface area contributed by atoms with Gasteiger partial charge in [0.1, 0.15) is 36.3 Å². The predicted molar refractivity (Wildman–Crippen MR) is 217 cm³/mol. The molecule has 3 aromatic rings. The summed E-state index contributed by atoms with van der Waals surface area (Å²) >= 11 is 0.914. The number of phenols is 1. The highest BCUT2D eigenvalue weighted by atomic mass is 32.2. The fourth-order valence-corrected chi connectivity index (χ4v) is 8.90. The zero-order valence-corrected chi connectivity index (χ0v) is 37.1. The first kappa shape index (κ1) is 51.6. The molecular formula is C32H46N7O20P3S. The zero-order chi connectivity index (χ0) is 46.9. The first-order valence-electron chi connectivity index (χ1n) is 18.1. The molecule has 63 heavy (non-hydrogen) atoms. The summed E-state index contributed by atoms with van der Waals surface area (Å²) < 4.78 is 72.4. The van der Waals surface area contributed by atoms with Crippen molar-refractivity contribution < 1.29 is 95.1 Å². The van der Waals surface area contributed by atoms with Crippen LogP contribution in [0.1, 0.15) is 32.1 Å². The molecule has 3 heterocycles. The van der Waals surface area contributed by atoms with Crippen molar-refractivity contribution in [3.05, 3.63) is 36.4 Å². The number of nitrogens with one attached hydrogen (secondary N) is 2. The number of hydrogen-bond donors (Lipinski definition) is 10. The van der Waals surface area contributed by atoms with Crippen molar-refractivity contribution in [3.63, 3.8) is 0 Å². The number of nitrogens with zero attached hydrogens (tertiary/aromatic N) is 4. The summed E-state index contributed by atoms with van der Waals surface area (Å²) in [5.41, 5.74) is 4.74. The van der Waals surface area contributed by atoms with E-state index in [1.54, 1.807) is 0 Å². The lowest BCUT2D eigenvalue weighted by molar-refractivity contribution is -0.137. The number of nitrogens with two attached hydrogens (primary N) is 1. The highest BCUT2D eigenvalue weighted by Gasteiger charge is 2.50. The molecule has 0 radical (unpaired) electrons. The largest absolute Gasteiger partial charge is 0.502 e. The van der Waals surface area contributed by atoms with Gasteiger partial charge in [0.25, 0.3) is 0 Å². The number of anilines is 1. The minimum atomic E-state index is -5.60. The van der Waals surface area contributed by atoms with Crippen LogP contribution in [-0.4, -0.2) is 142 Å². The van der Waals surface area contributed by atoms with E-state index < -0.39 is 84.6 Å². The number of phenolic OH excluding ortho intramolecular Hbond substituents is 1. The number of fused-ring (bicyclic) bond motifs is 1. The average Bonchev–Trinajstić information content (AvgIpc) is 3.77. The van der Waals surface area contributed by atoms with Gasteiger partial charge >= 0.3 is 23.5 Å². The Morgan fingerprint density at radius 1 is 1.02 bits per heavy atom. The number of imidazole rings is 1. The Bertz CT molecular complexity index is 2270. The van der Waals surface area contributed by atoms with E-state index in [4.69, 9.17) is 29.0 Å². The third-order valence-corrected chi connectivity index (χ3v) is 12.6. The molecule has 0 saturated carbocycles. The maximum atomic E-state index is 12.7. The van der Waals surface area contributed by atoms with Gasteiger partial charge in [-0.15, -0.1) is 0 Å². The SMILES string of the molecule is CC(C)(COP(=O)(O)OP(=O)(O)OC[C@H]1O[C@@H](n2cnc3c(N)ncnc32)[C@H](O)[C@@H]1OP(=O)(O)O)[C@@H](O)C(=O)NCCC(=O)NCCSC(=O)/C=[13CH]/c1cc(O[13CH3])c(O)c(O[13CH3])c1. The summed E-state index contributed by atoms with van der Waals surface area (Å²) in [6, 6.07) is 3.01. The Morgan fingerprint density at radius 2 is 1.67 bits per heavy atom. The van der Waals surface area contributed by atoms with Crippen LogP contribution in [0.15, 0.2) is 30.9 Å². The molecule has 0 aliphatic carbocycles. The number of thioether (sulfide) groups is 1. The van der Waals surface area contributed by atoms with E-state index >= 15 is 0 Å². The smallest absolute Gasteiger partial charge is 0.481 e. The van der Waals surface area contributed by atoms with Gasteiger partial charge in [-0.25, -0.2) is 28.6 Å². The van der Waals surface area contributed by atoms with E-state index in [0.29, 0.717) is 5.56 Å². The van der Waals surface area contributed by atoms with Gasteiger partial charge in [-0.3, -0.25) is 32.5 Å². The number of hydrogen-bond acceptors (Lipinski definition) is 21. The lowest BCUT2D eigenvalue weighted by atomic mass is 9.87. The number of aromatic nitrogens is 4. The van der Waals surface area contributed by atoms with Gasteiger partial charge in [0.15, 0.2) is 29.2 Å². The van der Waals surface area contributed by atoms with Gasteiger partial charge in [-0.05, 0) is 23.8 Å². The molecule has 2 unspecified atom stereocenters. The summed E-state index contributed by atoms with van der Waals surface area (Å²) in [5.74, 6) is -1.24. The number of methoxy groups -OCH3 is 2. The number of phosphoric ester groups is 3. The van der Waals surface area contributed by atoms with E-state index in [9.17, 15) is 63.0 Å². The third kappa shape index (κ3) is 14.7. The van der Waals surface area contributed by atoms with Crippen LogP contribution in [0.4, 0.5) is 5.82 Å². The van der Waals surface area contributed by atoms with Crippen molar-refractivity contribution in [1.82, 2.24) is 30.2 Å². The minimum Gasteiger partial charge on any atom is -0.502 e. The normalized spacial score (nSPS) is 20.5. The number of aromatic hydroxyl groups is 1. The number of phosphoric acid groups is 3. The molecule has 4 rings (SSSR count). The van der Waals surface area contributed by atoms with Crippen LogP contribution in [0.5, 0.6) is 17.2 Å². The second-order valence-corrected chi connectivity index (χ2v) is 19.2. The summed E-state index contributed by atoms with van der Waals surface area (Å²) in [5, 5.41) is 36.1. The molecule has 2 aromatic heterocycles. The Morgan fingerprint density at radius 3 is 2.30 bits per heavy atom. The number of nitrogen functional groups attached to an aromatic ring is 1. The Hall–Kier alpha value is -4.08. The summed E-state index contributed by atoms with van der Waals surface area (Å²) in [4.78, 5) is 88.2. The number of carbonyl (C=O) groups excluding carboxylic acids is 3. The quantitative estimate of drug-likeness (QED) is 0.0261. The van der Waals surface area contributed by atoms with Gasteiger partial charge in [0.2, 0.25) is 22.7 Å². The zero-order valence-electron chi connectivity index (χ0n) is 33.6. The van der Waals surface area contributed by atoms with Gasteiger partial charge < -0.3 is 65.5 Å². The molecule has 1 aliphatic rings. The minimum absolute atomic E-state index is 0.0204. The average molecular weight is 977 g/mol. The number of rotatable bonds is 23. The molecule has 1 fully saturated rings. The fourth-order valence-electron chi connectivity index (χ4n) is 5.50. The molecule has 7 atom stereocenters. The van der Waals surface area contributed by atoms with Crippen molar-refractivity contribution in [2.45, 2.75) is 50.9 Å². The van der Waals surface area contributed by atoms with Crippen LogP contribution in [0, 0.1) is 5.41 Å². The van der Waals surface area contributed by atoms with Gasteiger partial charge in [-0.1, -0.05) is 31.7 Å². The summed E-state index contributed by atoms with van der Waals surface area (Å²) in [6.07, 6.45) is -4.30. The van der Waals surface area contributed by atoms with Crippen LogP contribution in [-0.2, 0) is 50.7 Å². The predicted octanol–water partition coefficient (Wildman–Crippen LogP) is 0.101. The second kappa shape index (κ2) is 21.7. The van der Waals surface area contributed by atoms with Crippen LogP contribution < -0.4 is 25.8 Å². The maximum absolute atomic E-state index is 12.7. The standard InChI is InChI=1S/C32H46N7O20P3S/c1-32(2,27(44)30(45)35-8-7-21(40)34-9-10-63-22(41)6-5-17-11-18(53-3)24(42)19(12-17)54-4)14-56-62(51,52)59-61(49,50)55-13-20-26(58-60(46,47)48)25(43)31(57-20)39-16-38-23-28(33)36-15-37-29(23)39/h5-6,11-12,15-16,20,25-27,31,42-44H,7-10,13-14H2,1-4H3,(H,34,40)(H,35,45)(H,49,50)(H,51,52)(H2,33,36,37)(H2,46,47,48)/b6-5+/t20-,25-,26-,27+,31-/m1/s1/i3+1,4+1,5+1. The number of benzene rings is 1. The Kier molecular flexibility index (Phi) is 17.8. The lowest BCUT2D eigenvalue weighted by Crippen LogP contribution is -2.46. The number of aliphatic hydroxyl groups is 2. The molecule has 1 aliphatic heterocycles. The van der Waals surface area contributed by atoms with Crippen LogP contribution in [0.2, 0.25) is 0 Å². The van der Waals surface area contributed by atoms with E-state index in [1.165, 1.54) is 52.4 Å². The van der Waals surface area contributed by atoms with Crippen molar-refractivity contribution >= 4 is 75.2 Å². The lowest BCUT2D eigenvalue weighted by Gasteiger charge is -2.30. The molecule has 2 amide bonds. The molecule has 1 aromatic carbocycles. The molecule has 31 heteroatoms. The van der Waals surface area contributed by atoms with E-state index in [1.807, 2.05) is 0 Å². The van der Waals surface area contributed by atoms with E-state index in [-0.39, 0.29) is 64.6 Å². The highest BCUT2D eigenvalue weighted by Crippen LogP contribution is 2.61. The van der Waals surface area contributed by atoms with E-state index in [0.717, 1.165) is 29.0 Å². The monoisotopic (exact) mass is 976 g/mol. The highest BCUT2D eigenvalue weighted by molar-refractivity contribution is 8.14. The number of carbonyl (C=O) groups is 3. The summed E-state index contributed by atoms with van der Waals surface area (Å²) in [6.45, 7) is 0.253. The van der Waals surface area contributed by atoms with Crippen molar-refractivity contribution in [2.24, 2.45) is 5.41 Å². The van der Waals surface area contributed by atoms with Crippen LogP contribution in [0.3, 0.4) is 0 Å². The summed E-state index contributed by atoms with van der Waals surface area (Å²) in [7, 11) is -13.7. The Balaban J connectivity index is 1.20. The number of ether oxygens (including phenoxy) is 3. The molecular weight excluding hydrogens is 930 g/mol. The molecule has 27 nitrogen and oxygen atoms in total. The van der Waals surface area contributed by atoms with Crippen LogP contribution >= 0.6 is 35.2 Å². The molecule has 0 spiro atoms. The van der Waals surface area contributed by atoms with Crippen molar-refractivity contribution in [2.75, 3.05) is 52.0 Å². The number of amides is 2. The molecule has 0 bridgehead atoms. The topological polar surface area (TPSA) is 402 Å².